The Morgan fingerprint density at radius 3 is 2.18 bits per heavy atom. The number of Topliss-reactive ketones (excluding diaryl/α,β-unsaturated/α-hetero) is 2. The number of halogens is 3. The number of nitrogens with zero attached hydrogens (tertiary/aromatic N) is 2. The second-order valence-electron chi connectivity index (χ2n) is 12.9. The van der Waals surface area contributed by atoms with Crippen molar-refractivity contribution in [3.63, 3.8) is 0 Å². The van der Waals surface area contributed by atoms with Crippen LogP contribution >= 0.6 is 0 Å². The number of aliphatic hydroxyl groups is 2. The molecule has 258 valence electrons. The van der Waals surface area contributed by atoms with Crippen molar-refractivity contribution in [1.82, 2.24) is 10.1 Å². The SMILES string of the molecule is CN(C)[C@@H]1c2onc(OCc3ccccc3)c2C(=O)[C@@]2(O)C(=O)C3=C(O)c4c(OCc5ccccc5)cc(C=O)c(C(F)(F)F)c4C[C@H]3C[C@@H]12. The van der Waals surface area contributed by atoms with Gasteiger partial charge in [-0.05, 0) is 60.8 Å². The molecule has 13 heteroatoms. The molecule has 3 aliphatic carbocycles. The zero-order valence-corrected chi connectivity index (χ0v) is 26.9. The van der Waals surface area contributed by atoms with E-state index in [4.69, 9.17) is 14.0 Å². The largest absolute Gasteiger partial charge is 0.507 e. The predicted molar refractivity (Wildman–Crippen MR) is 170 cm³/mol. The van der Waals surface area contributed by atoms with Crippen LogP contribution < -0.4 is 9.47 Å². The van der Waals surface area contributed by atoms with Gasteiger partial charge in [0, 0.05) is 17.1 Å². The molecule has 0 unspecified atom stereocenters. The number of hydrogen-bond acceptors (Lipinski definition) is 10. The third-order valence-corrected chi connectivity index (χ3v) is 9.77. The van der Waals surface area contributed by atoms with Gasteiger partial charge in [-0.3, -0.25) is 19.3 Å². The minimum absolute atomic E-state index is 0.00357. The fraction of sp³-hybridized carbons (Fsp3) is 0.297. The minimum atomic E-state index is -5.01. The molecule has 3 aliphatic rings. The average Bonchev–Trinajstić information content (AvgIpc) is 3.51. The molecular weight excluding hydrogens is 657 g/mol. The summed E-state index contributed by atoms with van der Waals surface area (Å²) < 4.78 is 61.2. The van der Waals surface area contributed by atoms with Gasteiger partial charge in [-0.25, -0.2) is 0 Å². The number of carbonyl (C=O) groups is 3. The average molecular weight is 689 g/mol. The van der Waals surface area contributed by atoms with Gasteiger partial charge in [-0.2, -0.15) is 13.2 Å². The number of aliphatic hydroxyl groups excluding tert-OH is 1. The van der Waals surface area contributed by atoms with Crippen molar-refractivity contribution >= 4 is 23.6 Å². The van der Waals surface area contributed by atoms with Crippen LogP contribution in [0, 0.1) is 11.8 Å². The van der Waals surface area contributed by atoms with Crippen molar-refractivity contribution < 1.29 is 51.8 Å². The lowest BCUT2D eigenvalue weighted by molar-refractivity contribution is -0.142. The van der Waals surface area contributed by atoms with E-state index in [1.165, 1.54) is 0 Å². The van der Waals surface area contributed by atoms with Gasteiger partial charge in [0.05, 0.1) is 17.2 Å². The van der Waals surface area contributed by atoms with E-state index in [1.807, 2.05) is 6.07 Å². The van der Waals surface area contributed by atoms with Gasteiger partial charge in [0.15, 0.2) is 17.6 Å². The van der Waals surface area contributed by atoms with Crippen LogP contribution in [0.2, 0.25) is 0 Å². The second kappa shape index (κ2) is 12.3. The Kier molecular flexibility index (Phi) is 8.14. The van der Waals surface area contributed by atoms with Crippen molar-refractivity contribution in [3.05, 3.63) is 117 Å². The number of benzene rings is 3. The molecular formula is C37H31F3N2O8. The Bertz CT molecular complexity index is 2040. The molecule has 1 aromatic heterocycles. The van der Waals surface area contributed by atoms with Crippen molar-refractivity contribution in [1.29, 1.82) is 0 Å². The highest BCUT2D eigenvalue weighted by molar-refractivity contribution is 6.26. The Labute approximate surface area is 283 Å². The normalized spacial score (nSPS) is 22.8. The maximum Gasteiger partial charge on any atom is 0.417 e. The van der Waals surface area contributed by atoms with E-state index in [0.29, 0.717) is 5.56 Å². The Balaban J connectivity index is 1.36. The first kappa shape index (κ1) is 33.2. The zero-order valence-electron chi connectivity index (χ0n) is 26.9. The molecule has 0 amide bonds. The molecule has 4 aromatic rings. The number of fused-ring (bicyclic) bond motifs is 4. The van der Waals surface area contributed by atoms with E-state index in [-0.39, 0.29) is 48.9 Å². The van der Waals surface area contributed by atoms with Crippen LogP contribution in [0.5, 0.6) is 11.6 Å². The zero-order chi connectivity index (χ0) is 35.5. The van der Waals surface area contributed by atoms with E-state index in [1.54, 1.807) is 73.6 Å². The molecule has 0 bridgehead atoms. The van der Waals surface area contributed by atoms with Gasteiger partial charge in [-0.1, -0.05) is 60.7 Å². The Morgan fingerprint density at radius 2 is 1.60 bits per heavy atom. The number of aromatic nitrogens is 1. The minimum Gasteiger partial charge on any atom is -0.507 e. The maximum atomic E-state index is 14.6. The van der Waals surface area contributed by atoms with E-state index < -0.39 is 81.2 Å². The van der Waals surface area contributed by atoms with Crippen LogP contribution in [0.4, 0.5) is 13.2 Å². The Hall–Kier alpha value is -5.27. The highest BCUT2D eigenvalue weighted by atomic mass is 19.4. The standard InChI is InChI=1S/C37H31F3N2O8/c1-42(2)30-24-14-21-13-23-27(25(48-17-19-9-5-3-6-10-19)15-22(16-43)29(23)37(38,39)40)31(44)26(21)33(45)36(24,47)34(46)28-32(30)50-41-35(28)49-18-20-11-7-4-8-12-20/h3-12,15-16,21,24,30,44,47H,13-14,17-18H2,1-2H3/t21-,24-,30-,36-/m0/s1. The second-order valence-corrected chi connectivity index (χ2v) is 12.9. The number of aldehydes is 1. The topological polar surface area (TPSA) is 139 Å². The van der Waals surface area contributed by atoms with Crippen LogP contribution in [-0.4, -0.2) is 57.8 Å². The molecule has 50 heavy (non-hydrogen) atoms. The molecule has 0 spiro atoms. The highest BCUT2D eigenvalue weighted by Gasteiger charge is 2.65. The molecule has 7 rings (SSSR count). The summed E-state index contributed by atoms with van der Waals surface area (Å²) in [6.07, 6.45) is -5.56. The number of ether oxygens (including phenoxy) is 2. The molecule has 0 saturated heterocycles. The summed E-state index contributed by atoms with van der Waals surface area (Å²) in [5.41, 5.74) is -4.78. The highest BCUT2D eigenvalue weighted by Crippen LogP contribution is 2.57. The molecule has 0 radical (unpaired) electrons. The predicted octanol–water partition coefficient (Wildman–Crippen LogP) is 5.92. The van der Waals surface area contributed by atoms with E-state index in [0.717, 1.165) is 11.6 Å². The first-order chi connectivity index (χ1) is 23.9. The van der Waals surface area contributed by atoms with Crippen LogP contribution in [-0.2, 0) is 30.6 Å². The third kappa shape index (κ3) is 5.19. The third-order valence-electron chi connectivity index (χ3n) is 9.77. The van der Waals surface area contributed by atoms with Gasteiger partial charge < -0.3 is 24.2 Å². The lowest BCUT2D eigenvalue weighted by Gasteiger charge is -2.49. The number of ketones is 2. The quantitative estimate of drug-likeness (QED) is 0.169. The van der Waals surface area contributed by atoms with Gasteiger partial charge >= 0.3 is 6.18 Å². The molecule has 1 fully saturated rings. The van der Waals surface area contributed by atoms with Gasteiger partial charge in [-0.15, -0.1) is 0 Å². The fourth-order valence-corrected chi connectivity index (χ4v) is 7.61. The van der Waals surface area contributed by atoms with E-state index in [2.05, 4.69) is 5.16 Å². The van der Waals surface area contributed by atoms with Crippen LogP contribution in [0.15, 0.2) is 76.8 Å². The van der Waals surface area contributed by atoms with Crippen molar-refractivity contribution in [2.45, 2.75) is 43.9 Å². The van der Waals surface area contributed by atoms with Gasteiger partial charge in [0.2, 0.25) is 11.6 Å². The number of hydrogen-bond donors (Lipinski definition) is 2. The molecule has 1 saturated carbocycles. The summed E-state index contributed by atoms with van der Waals surface area (Å²) >= 11 is 0. The van der Waals surface area contributed by atoms with E-state index in [9.17, 15) is 37.8 Å². The molecule has 2 N–H and O–H groups in total. The summed E-state index contributed by atoms with van der Waals surface area (Å²) in [6.45, 7) is -0.135. The van der Waals surface area contributed by atoms with E-state index >= 15 is 0 Å². The first-order valence-corrected chi connectivity index (χ1v) is 15.8. The van der Waals surface area contributed by atoms with Crippen molar-refractivity contribution in [3.8, 4) is 11.6 Å². The van der Waals surface area contributed by atoms with Gasteiger partial charge in [0.1, 0.15) is 30.3 Å². The van der Waals surface area contributed by atoms with Crippen LogP contribution in [0.1, 0.15) is 66.8 Å². The van der Waals surface area contributed by atoms with Crippen molar-refractivity contribution in [2.75, 3.05) is 14.1 Å². The molecule has 0 aliphatic heterocycles. The number of carbonyl (C=O) groups excluding carboxylic acids is 3. The fourth-order valence-electron chi connectivity index (χ4n) is 7.61. The van der Waals surface area contributed by atoms with Gasteiger partial charge in [0.25, 0.3) is 5.88 Å². The lowest BCUT2D eigenvalue weighted by atomic mass is 9.57. The van der Waals surface area contributed by atoms with Crippen molar-refractivity contribution in [2.24, 2.45) is 11.8 Å². The maximum absolute atomic E-state index is 14.6. The number of rotatable bonds is 8. The first-order valence-electron chi connectivity index (χ1n) is 15.8. The summed E-state index contributed by atoms with van der Waals surface area (Å²) in [4.78, 5) is 42.5. The molecule has 1 heterocycles. The summed E-state index contributed by atoms with van der Waals surface area (Å²) in [6, 6.07) is 17.6. The van der Waals surface area contributed by atoms with Crippen LogP contribution in [0.3, 0.4) is 0 Å². The Morgan fingerprint density at radius 1 is 0.980 bits per heavy atom. The van der Waals surface area contributed by atoms with Crippen LogP contribution in [0.25, 0.3) is 5.76 Å². The molecule has 10 nitrogen and oxygen atoms in total. The summed E-state index contributed by atoms with van der Waals surface area (Å²) in [7, 11) is 3.27. The summed E-state index contributed by atoms with van der Waals surface area (Å²) in [5, 5.41) is 28.0. The monoisotopic (exact) mass is 688 g/mol. The molecule has 4 atom stereocenters. The smallest absolute Gasteiger partial charge is 0.417 e. The molecule has 3 aromatic carbocycles. The summed E-state index contributed by atoms with van der Waals surface area (Å²) in [5.74, 6) is -5.80. The number of alkyl halides is 3. The lowest BCUT2D eigenvalue weighted by Crippen LogP contribution is -2.63.